The Hall–Kier alpha value is -3.36. The zero-order valence-electron chi connectivity index (χ0n) is 15.9. The molecule has 0 aliphatic heterocycles. The molecule has 156 valence electrons. The lowest BCUT2D eigenvalue weighted by atomic mass is 9.96. The average molecular weight is 417 g/mol. The summed E-state index contributed by atoms with van der Waals surface area (Å²) >= 11 is 0. The van der Waals surface area contributed by atoms with Gasteiger partial charge in [-0.1, -0.05) is 6.07 Å². The van der Waals surface area contributed by atoms with Gasteiger partial charge in [-0.2, -0.15) is 0 Å². The summed E-state index contributed by atoms with van der Waals surface area (Å²) in [5.41, 5.74) is -0.312. The number of rotatable bonds is 4. The Bertz CT molecular complexity index is 1280. The molecule has 2 heterocycles. The standard InChI is InChI=1S/C21H18F3N3O3/c22-15-8-12(9-16(23)18(15)24)10-26-17-6-2-1-5-14(17)20(29)27(21(26)30)11-13-4-3-7-25-19(13)28/h3-4,7-9H,1-2,5-6,10-11H2,(H,25,28). The number of pyridine rings is 1. The van der Waals surface area contributed by atoms with Crippen molar-refractivity contribution in [3.8, 4) is 0 Å². The maximum absolute atomic E-state index is 13.7. The van der Waals surface area contributed by atoms with Gasteiger partial charge in [0.15, 0.2) is 17.5 Å². The molecular weight excluding hydrogens is 399 g/mol. The van der Waals surface area contributed by atoms with Crippen molar-refractivity contribution in [3.63, 3.8) is 0 Å². The Labute approximate surface area is 168 Å². The molecule has 0 saturated carbocycles. The molecule has 0 saturated heterocycles. The van der Waals surface area contributed by atoms with E-state index in [1.807, 2.05) is 0 Å². The van der Waals surface area contributed by atoms with Crippen LogP contribution in [0.4, 0.5) is 13.2 Å². The molecule has 0 unspecified atom stereocenters. The molecule has 2 aromatic heterocycles. The van der Waals surface area contributed by atoms with Gasteiger partial charge in [-0.15, -0.1) is 0 Å². The fourth-order valence-electron chi connectivity index (χ4n) is 3.86. The van der Waals surface area contributed by atoms with Gasteiger partial charge >= 0.3 is 5.69 Å². The van der Waals surface area contributed by atoms with Crippen molar-refractivity contribution in [1.82, 2.24) is 14.1 Å². The van der Waals surface area contributed by atoms with Crippen molar-refractivity contribution in [1.29, 1.82) is 0 Å². The summed E-state index contributed by atoms with van der Waals surface area (Å²) < 4.78 is 42.9. The number of hydrogen-bond acceptors (Lipinski definition) is 3. The number of benzene rings is 1. The quantitative estimate of drug-likeness (QED) is 0.661. The summed E-state index contributed by atoms with van der Waals surface area (Å²) in [7, 11) is 0. The van der Waals surface area contributed by atoms with E-state index in [9.17, 15) is 27.6 Å². The first kappa shape index (κ1) is 19.9. The highest BCUT2D eigenvalue weighted by atomic mass is 19.2. The van der Waals surface area contributed by atoms with Gasteiger partial charge < -0.3 is 4.98 Å². The minimum Gasteiger partial charge on any atom is -0.329 e. The van der Waals surface area contributed by atoms with Gasteiger partial charge in [0.05, 0.1) is 13.1 Å². The summed E-state index contributed by atoms with van der Waals surface area (Å²) in [4.78, 5) is 40.7. The maximum atomic E-state index is 13.7. The van der Waals surface area contributed by atoms with E-state index in [2.05, 4.69) is 4.98 Å². The first-order chi connectivity index (χ1) is 14.4. The lowest BCUT2D eigenvalue weighted by molar-refractivity contribution is 0.443. The van der Waals surface area contributed by atoms with Crippen LogP contribution >= 0.6 is 0 Å². The van der Waals surface area contributed by atoms with Gasteiger partial charge in [0, 0.05) is 23.0 Å². The van der Waals surface area contributed by atoms with E-state index in [1.54, 1.807) is 6.07 Å². The second-order valence-corrected chi connectivity index (χ2v) is 7.29. The van der Waals surface area contributed by atoms with Gasteiger partial charge in [-0.05, 0) is 49.4 Å². The molecule has 30 heavy (non-hydrogen) atoms. The van der Waals surface area contributed by atoms with Crippen LogP contribution in [0.15, 0.2) is 44.8 Å². The average Bonchev–Trinajstić information content (AvgIpc) is 2.73. The number of aromatic nitrogens is 3. The first-order valence-electron chi connectivity index (χ1n) is 9.52. The number of hydrogen-bond donors (Lipinski definition) is 1. The molecule has 1 aliphatic carbocycles. The van der Waals surface area contributed by atoms with Crippen LogP contribution < -0.4 is 16.8 Å². The molecule has 0 amide bonds. The van der Waals surface area contributed by atoms with E-state index < -0.39 is 34.3 Å². The van der Waals surface area contributed by atoms with Gasteiger partial charge in [-0.25, -0.2) is 18.0 Å². The van der Waals surface area contributed by atoms with Crippen molar-refractivity contribution in [2.45, 2.75) is 38.8 Å². The Morgan fingerprint density at radius 1 is 0.933 bits per heavy atom. The Kier molecular flexibility index (Phi) is 5.19. The number of aromatic amines is 1. The fourth-order valence-corrected chi connectivity index (χ4v) is 3.86. The van der Waals surface area contributed by atoms with Crippen LogP contribution in [0.1, 0.15) is 35.2 Å². The molecule has 0 radical (unpaired) electrons. The molecule has 6 nitrogen and oxygen atoms in total. The van der Waals surface area contributed by atoms with Gasteiger partial charge in [0.25, 0.3) is 11.1 Å². The van der Waals surface area contributed by atoms with Crippen molar-refractivity contribution < 1.29 is 13.2 Å². The zero-order valence-corrected chi connectivity index (χ0v) is 15.9. The topological polar surface area (TPSA) is 76.9 Å². The number of H-pyrrole nitrogens is 1. The van der Waals surface area contributed by atoms with E-state index in [-0.39, 0.29) is 24.2 Å². The fraction of sp³-hybridized carbons (Fsp3) is 0.286. The van der Waals surface area contributed by atoms with E-state index in [0.29, 0.717) is 24.1 Å². The van der Waals surface area contributed by atoms with Gasteiger partial charge in [0.2, 0.25) is 0 Å². The Balaban J connectivity index is 1.88. The number of halogens is 3. The zero-order chi connectivity index (χ0) is 21.4. The van der Waals surface area contributed by atoms with Crippen LogP contribution in [0, 0.1) is 17.5 Å². The lowest BCUT2D eigenvalue weighted by Crippen LogP contribution is -2.45. The van der Waals surface area contributed by atoms with E-state index in [0.717, 1.165) is 29.5 Å². The minimum atomic E-state index is -1.58. The predicted octanol–water partition coefficient (Wildman–Crippen LogP) is 2.09. The largest absolute Gasteiger partial charge is 0.331 e. The minimum absolute atomic E-state index is 0.0593. The third-order valence-corrected chi connectivity index (χ3v) is 5.34. The van der Waals surface area contributed by atoms with Crippen LogP contribution in [-0.4, -0.2) is 14.1 Å². The van der Waals surface area contributed by atoms with Crippen LogP contribution in [0.2, 0.25) is 0 Å². The van der Waals surface area contributed by atoms with Crippen LogP contribution in [-0.2, 0) is 25.9 Å². The smallest absolute Gasteiger partial charge is 0.329 e. The summed E-state index contributed by atoms with van der Waals surface area (Å²) in [6, 6.07) is 4.76. The van der Waals surface area contributed by atoms with Gasteiger partial charge in [-0.3, -0.25) is 18.7 Å². The first-order valence-corrected chi connectivity index (χ1v) is 9.52. The predicted molar refractivity (Wildman–Crippen MR) is 103 cm³/mol. The molecule has 1 aromatic carbocycles. The summed E-state index contributed by atoms with van der Waals surface area (Å²) in [6.45, 7) is -0.450. The summed E-state index contributed by atoms with van der Waals surface area (Å²) in [5.74, 6) is -4.28. The second-order valence-electron chi connectivity index (χ2n) is 7.29. The van der Waals surface area contributed by atoms with E-state index in [1.165, 1.54) is 16.8 Å². The molecule has 0 spiro atoms. The van der Waals surface area contributed by atoms with Crippen LogP contribution in [0.5, 0.6) is 0 Å². The molecule has 1 aliphatic rings. The Morgan fingerprint density at radius 3 is 2.33 bits per heavy atom. The number of nitrogens with one attached hydrogen (secondary N) is 1. The highest BCUT2D eigenvalue weighted by Gasteiger charge is 2.23. The third kappa shape index (κ3) is 3.51. The molecule has 4 rings (SSSR count). The lowest BCUT2D eigenvalue weighted by Gasteiger charge is -2.22. The molecular formula is C21H18F3N3O3. The van der Waals surface area contributed by atoms with Crippen LogP contribution in [0.3, 0.4) is 0 Å². The van der Waals surface area contributed by atoms with Gasteiger partial charge in [0.1, 0.15) is 0 Å². The summed E-state index contributed by atoms with van der Waals surface area (Å²) in [5, 5.41) is 0. The highest BCUT2D eigenvalue weighted by molar-refractivity contribution is 5.25. The van der Waals surface area contributed by atoms with Crippen molar-refractivity contribution in [2.75, 3.05) is 0 Å². The van der Waals surface area contributed by atoms with Crippen LogP contribution in [0.25, 0.3) is 0 Å². The molecule has 9 heteroatoms. The van der Waals surface area contributed by atoms with E-state index in [4.69, 9.17) is 0 Å². The monoisotopic (exact) mass is 417 g/mol. The normalized spacial score (nSPS) is 13.3. The molecule has 3 aromatic rings. The second kappa shape index (κ2) is 7.81. The third-order valence-electron chi connectivity index (χ3n) is 5.34. The number of nitrogens with zero attached hydrogens (tertiary/aromatic N) is 2. The SMILES string of the molecule is O=c1[nH]cccc1Cn1c(=O)c2c(n(Cc3cc(F)c(F)c(F)c3)c1=O)CCCC2. The number of fused-ring (bicyclic) bond motifs is 1. The highest BCUT2D eigenvalue weighted by Crippen LogP contribution is 2.19. The maximum Gasteiger partial charge on any atom is 0.331 e. The molecule has 0 bridgehead atoms. The van der Waals surface area contributed by atoms with Crippen molar-refractivity contribution in [3.05, 3.63) is 101 Å². The molecule has 0 fully saturated rings. The molecule has 0 atom stereocenters. The Morgan fingerprint density at radius 2 is 1.63 bits per heavy atom. The van der Waals surface area contributed by atoms with Crippen molar-refractivity contribution in [2.24, 2.45) is 0 Å². The summed E-state index contributed by atoms with van der Waals surface area (Å²) in [6.07, 6.45) is 3.91. The van der Waals surface area contributed by atoms with Crippen molar-refractivity contribution >= 4 is 0 Å². The molecule has 1 N–H and O–H groups in total. The van der Waals surface area contributed by atoms with E-state index >= 15 is 0 Å².